The number of ether oxygens (including phenoxy) is 1. The fraction of sp³-hybridized carbons (Fsp3) is 0.438. The number of unbranched alkanes of at least 4 members (excludes halogenated alkanes) is 2. The van der Waals surface area contributed by atoms with E-state index in [1.54, 1.807) is 24.3 Å². The van der Waals surface area contributed by atoms with Crippen molar-refractivity contribution in [2.75, 3.05) is 5.32 Å². The number of nitrogens with one attached hydrogen (secondary N) is 3. The Morgan fingerprint density at radius 1 is 1.22 bits per heavy atom. The van der Waals surface area contributed by atoms with Crippen LogP contribution in [0.2, 0.25) is 0 Å². The van der Waals surface area contributed by atoms with Crippen LogP contribution < -0.4 is 20.9 Å². The maximum Gasteiger partial charge on any atom is 0.292 e. The van der Waals surface area contributed by atoms with Gasteiger partial charge in [0.1, 0.15) is 5.75 Å². The Morgan fingerprint density at radius 2 is 1.96 bits per heavy atom. The number of anilines is 1. The van der Waals surface area contributed by atoms with Gasteiger partial charge in [-0.1, -0.05) is 31.9 Å². The van der Waals surface area contributed by atoms with Gasteiger partial charge in [0.05, 0.1) is 5.69 Å². The molecule has 1 aromatic rings. The van der Waals surface area contributed by atoms with Crippen LogP contribution in [-0.4, -0.2) is 23.3 Å². The summed E-state index contributed by atoms with van der Waals surface area (Å²) in [6.45, 7) is 3.40. The Kier molecular flexibility index (Phi) is 5.20. The van der Waals surface area contributed by atoms with Gasteiger partial charge in [-0.25, -0.2) is 0 Å². The third-order valence-electron chi connectivity index (χ3n) is 3.64. The van der Waals surface area contributed by atoms with E-state index in [2.05, 4.69) is 16.2 Å². The van der Waals surface area contributed by atoms with Crippen molar-refractivity contribution < 1.29 is 19.1 Å². The van der Waals surface area contributed by atoms with Crippen LogP contribution >= 0.6 is 0 Å². The van der Waals surface area contributed by atoms with E-state index < -0.39 is 17.4 Å². The molecule has 2 rings (SSSR count). The van der Waals surface area contributed by atoms with Crippen LogP contribution in [-0.2, 0) is 14.4 Å². The Morgan fingerprint density at radius 3 is 2.70 bits per heavy atom. The average molecular weight is 319 g/mol. The molecule has 7 heteroatoms. The summed E-state index contributed by atoms with van der Waals surface area (Å²) in [7, 11) is 0. The zero-order valence-electron chi connectivity index (χ0n) is 13.3. The van der Waals surface area contributed by atoms with Gasteiger partial charge >= 0.3 is 0 Å². The van der Waals surface area contributed by atoms with E-state index in [0.717, 1.165) is 19.3 Å². The van der Waals surface area contributed by atoms with Crippen molar-refractivity contribution >= 4 is 23.4 Å². The summed E-state index contributed by atoms with van der Waals surface area (Å²) in [5, 5.41) is 2.62. The van der Waals surface area contributed by atoms with Crippen molar-refractivity contribution in [3.8, 4) is 5.75 Å². The summed E-state index contributed by atoms with van der Waals surface area (Å²) in [5.74, 6) is -1.21. The highest BCUT2D eigenvalue weighted by Gasteiger charge is 2.47. The van der Waals surface area contributed by atoms with Gasteiger partial charge < -0.3 is 10.1 Å². The molecule has 124 valence electrons. The van der Waals surface area contributed by atoms with Crippen LogP contribution in [0.1, 0.15) is 39.5 Å². The van der Waals surface area contributed by atoms with E-state index in [9.17, 15) is 14.4 Å². The molecule has 0 aliphatic carbocycles. The van der Waals surface area contributed by atoms with E-state index in [-0.39, 0.29) is 5.91 Å². The van der Waals surface area contributed by atoms with Gasteiger partial charge in [0, 0.05) is 6.42 Å². The SMILES string of the molecule is CCCCCC(=O)NNC(=O)[C@@]1(C)Oc2ccccc2NC1=O. The molecule has 0 fully saturated rings. The number of carbonyl (C=O) groups excluding carboxylic acids is 3. The van der Waals surface area contributed by atoms with Crippen molar-refractivity contribution in [3.05, 3.63) is 24.3 Å². The molecule has 23 heavy (non-hydrogen) atoms. The summed E-state index contributed by atoms with van der Waals surface area (Å²) >= 11 is 0. The smallest absolute Gasteiger partial charge is 0.292 e. The highest BCUT2D eigenvalue weighted by molar-refractivity contribution is 6.15. The molecule has 1 heterocycles. The van der Waals surface area contributed by atoms with Crippen molar-refractivity contribution in [1.29, 1.82) is 0 Å². The van der Waals surface area contributed by atoms with Crippen molar-refractivity contribution in [2.24, 2.45) is 0 Å². The zero-order chi connectivity index (χ0) is 16.9. The first-order chi connectivity index (χ1) is 11.0. The lowest BCUT2D eigenvalue weighted by molar-refractivity contribution is -0.148. The third kappa shape index (κ3) is 3.80. The molecule has 1 aliphatic heterocycles. The molecule has 1 aromatic carbocycles. The highest BCUT2D eigenvalue weighted by atomic mass is 16.5. The van der Waals surface area contributed by atoms with Crippen LogP contribution in [0, 0.1) is 0 Å². The Labute approximate surface area is 134 Å². The molecule has 3 N–H and O–H groups in total. The molecule has 3 amide bonds. The average Bonchev–Trinajstić information content (AvgIpc) is 2.54. The van der Waals surface area contributed by atoms with Crippen LogP contribution in [0.25, 0.3) is 0 Å². The van der Waals surface area contributed by atoms with E-state index in [0.29, 0.717) is 17.9 Å². The van der Waals surface area contributed by atoms with Crippen molar-refractivity contribution in [2.45, 2.75) is 45.1 Å². The van der Waals surface area contributed by atoms with Crippen molar-refractivity contribution in [3.63, 3.8) is 0 Å². The number of hydrazine groups is 1. The van der Waals surface area contributed by atoms with Gasteiger partial charge in [0.2, 0.25) is 5.91 Å². The fourth-order valence-corrected chi connectivity index (χ4v) is 2.16. The minimum atomic E-state index is -1.74. The van der Waals surface area contributed by atoms with Crippen LogP contribution in [0.15, 0.2) is 24.3 Å². The van der Waals surface area contributed by atoms with E-state index in [4.69, 9.17) is 4.74 Å². The first-order valence-electron chi connectivity index (χ1n) is 7.66. The van der Waals surface area contributed by atoms with Gasteiger partial charge in [0.25, 0.3) is 17.4 Å². The number of amides is 3. The molecule has 0 bridgehead atoms. The molecule has 1 atom stereocenters. The summed E-state index contributed by atoms with van der Waals surface area (Å²) in [5.41, 5.74) is 3.33. The van der Waals surface area contributed by atoms with Crippen LogP contribution in [0.3, 0.4) is 0 Å². The minimum absolute atomic E-state index is 0.299. The molecule has 0 spiro atoms. The lowest BCUT2D eigenvalue weighted by Crippen LogP contribution is -2.61. The zero-order valence-corrected chi connectivity index (χ0v) is 13.3. The van der Waals surface area contributed by atoms with Gasteiger partial charge in [-0.05, 0) is 25.5 Å². The quantitative estimate of drug-likeness (QED) is 0.435. The summed E-state index contributed by atoms with van der Waals surface area (Å²) in [6.07, 6.45) is 3.02. The number of benzene rings is 1. The van der Waals surface area contributed by atoms with Gasteiger partial charge in [0.15, 0.2) is 0 Å². The first-order valence-corrected chi connectivity index (χ1v) is 7.66. The molecule has 0 aromatic heterocycles. The lowest BCUT2D eigenvalue weighted by Gasteiger charge is -2.33. The van der Waals surface area contributed by atoms with Gasteiger partial charge in [-0.2, -0.15) is 0 Å². The first kappa shape index (κ1) is 16.8. The van der Waals surface area contributed by atoms with E-state index >= 15 is 0 Å². The van der Waals surface area contributed by atoms with Crippen LogP contribution in [0.4, 0.5) is 5.69 Å². The highest BCUT2D eigenvalue weighted by Crippen LogP contribution is 2.33. The third-order valence-corrected chi connectivity index (χ3v) is 3.64. The topological polar surface area (TPSA) is 96.5 Å². The number of rotatable bonds is 5. The van der Waals surface area contributed by atoms with E-state index in [1.807, 2.05) is 6.92 Å². The molecule has 0 saturated carbocycles. The fourth-order valence-electron chi connectivity index (χ4n) is 2.16. The number of carbonyl (C=O) groups is 3. The normalized spacial score (nSPS) is 19.1. The largest absolute Gasteiger partial charge is 0.465 e. The Balaban J connectivity index is 1.96. The molecule has 1 aliphatic rings. The van der Waals surface area contributed by atoms with Crippen LogP contribution in [0.5, 0.6) is 5.75 Å². The number of fused-ring (bicyclic) bond motifs is 1. The number of hydrogen-bond donors (Lipinski definition) is 3. The summed E-state index contributed by atoms with van der Waals surface area (Å²) < 4.78 is 5.55. The maximum absolute atomic E-state index is 12.3. The second kappa shape index (κ2) is 7.13. The standard InChI is InChI=1S/C16H21N3O4/c1-3-4-5-10-13(20)18-19-15(22)16(2)14(21)17-11-8-6-7-9-12(11)23-16/h6-9H,3-5,10H2,1-2H3,(H,17,21)(H,18,20)(H,19,22)/t16-/m0/s1. The molecular weight excluding hydrogens is 298 g/mol. The Bertz CT molecular complexity index is 617. The summed E-state index contributed by atoms with van der Waals surface area (Å²) in [6, 6.07) is 6.83. The molecule has 0 unspecified atom stereocenters. The van der Waals surface area contributed by atoms with Gasteiger partial charge in [-0.15, -0.1) is 0 Å². The minimum Gasteiger partial charge on any atom is -0.465 e. The van der Waals surface area contributed by atoms with Crippen molar-refractivity contribution in [1.82, 2.24) is 10.9 Å². The number of para-hydroxylation sites is 2. The lowest BCUT2D eigenvalue weighted by atomic mass is 10.0. The molecule has 0 saturated heterocycles. The monoisotopic (exact) mass is 319 g/mol. The predicted molar refractivity (Wildman–Crippen MR) is 84.5 cm³/mol. The number of hydrogen-bond acceptors (Lipinski definition) is 4. The van der Waals surface area contributed by atoms with Gasteiger partial charge in [-0.3, -0.25) is 25.2 Å². The molecule has 0 radical (unpaired) electrons. The predicted octanol–water partition coefficient (Wildman–Crippen LogP) is 1.50. The molecule has 7 nitrogen and oxygen atoms in total. The Hall–Kier alpha value is -2.57. The molecular formula is C16H21N3O4. The summed E-state index contributed by atoms with van der Waals surface area (Å²) in [4.78, 5) is 36.1. The second-order valence-corrected chi connectivity index (χ2v) is 5.55. The van der Waals surface area contributed by atoms with E-state index in [1.165, 1.54) is 6.92 Å². The maximum atomic E-state index is 12.3. The second-order valence-electron chi connectivity index (χ2n) is 5.55.